The van der Waals surface area contributed by atoms with Crippen LogP contribution in [0.4, 0.5) is 0 Å². The van der Waals surface area contributed by atoms with Crippen LogP contribution in [0.15, 0.2) is 12.3 Å². The fourth-order valence-electron chi connectivity index (χ4n) is 4.56. The maximum Gasteiger partial charge on any atom is 0.240 e. The lowest BCUT2D eigenvalue weighted by molar-refractivity contribution is 0.204. The number of rotatable bonds is 4. The third-order valence-electron chi connectivity index (χ3n) is 6.42. The smallest absolute Gasteiger partial charge is 0.240 e. The minimum absolute atomic E-state index is 0.0291. The molecule has 0 unspecified atom stereocenters. The number of H-pyrrole nitrogens is 1. The van der Waals surface area contributed by atoms with Crippen molar-refractivity contribution in [2.24, 2.45) is 7.05 Å². The Bertz CT molecular complexity index is 1420. The number of hydrogen-bond donors (Lipinski definition) is 2. The Labute approximate surface area is 209 Å². The molecule has 4 aromatic heterocycles. The van der Waals surface area contributed by atoms with Gasteiger partial charge in [-0.1, -0.05) is 0 Å². The second-order valence-electron chi connectivity index (χ2n) is 9.11. The van der Waals surface area contributed by atoms with Crippen molar-refractivity contribution in [1.82, 2.24) is 39.6 Å². The number of aliphatic hydroxyl groups excluding tert-OH is 1. The number of likely N-dealkylation sites (N-methyl/N-ethyl adjacent to an activating group) is 1. The molecule has 0 amide bonds. The minimum Gasteiger partial charge on any atom is -0.476 e. The number of ether oxygens (including phenoxy) is 2. The molecule has 1 aliphatic heterocycles. The summed E-state index contributed by atoms with van der Waals surface area (Å²) in [6.07, 6.45) is 5.75. The average Bonchev–Trinajstić information content (AvgIpc) is 3.50. The van der Waals surface area contributed by atoms with Crippen LogP contribution in [0.3, 0.4) is 0 Å². The molecule has 36 heavy (non-hydrogen) atoms. The highest BCUT2D eigenvalue weighted by Crippen LogP contribution is 2.34. The first kappa shape index (κ1) is 24.0. The van der Waals surface area contributed by atoms with Crippen molar-refractivity contribution in [2.75, 3.05) is 33.4 Å². The van der Waals surface area contributed by atoms with Gasteiger partial charge in [0, 0.05) is 25.5 Å². The molecule has 0 saturated carbocycles. The lowest BCUT2D eigenvalue weighted by Crippen LogP contribution is -2.27. The van der Waals surface area contributed by atoms with Crippen molar-refractivity contribution in [3.8, 4) is 23.0 Å². The minimum atomic E-state index is -0.201. The van der Waals surface area contributed by atoms with E-state index in [1.54, 1.807) is 10.9 Å². The van der Waals surface area contributed by atoms with Crippen molar-refractivity contribution in [1.29, 1.82) is 0 Å². The molecule has 4 aromatic rings. The first-order valence-corrected chi connectivity index (χ1v) is 12.1. The Hall–Kier alpha value is -3.70. The second-order valence-corrected chi connectivity index (χ2v) is 9.11. The molecule has 2 N–H and O–H groups in total. The highest BCUT2D eigenvalue weighted by molar-refractivity contribution is 5.92. The van der Waals surface area contributed by atoms with Crippen LogP contribution in [0, 0.1) is 6.92 Å². The molecular weight excluding hydrogens is 460 g/mol. The van der Waals surface area contributed by atoms with Crippen molar-refractivity contribution >= 4 is 23.1 Å². The maximum absolute atomic E-state index is 9.89. The van der Waals surface area contributed by atoms with E-state index in [1.807, 2.05) is 57.8 Å². The van der Waals surface area contributed by atoms with Crippen LogP contribution in [-0.4, -0.2) is 78.2 Å². The highest BCUT2D eigenvalue weighted by Gasteiger charge is 2.23. The zero-order valence-electron chi connectivity index (χ0n) is 21.3. The predicted molar refractivity (Wildman–Crippen MR) is 137 cm³/mol. The van der Waals surface area contributed by atoms with Gasteiger partial charge in [-0.15, -0.1) is 5.10 Å². The highest BCUT2D eigenvalue weighted by atomic mass is 16.5. The van der Waals surface area contributed by atoms with E-state index < -0.39 is 0 Å². The summed E-state index contributed by atoms with van der Waals surface area (Å²) in [6, 6.07) is 1.82. The van der Waals surface area contributed by atoms with Crippen molar-refractivity contribution < 1.29 is 14.6 Å². The van der Waals surface area contributed by atoms with Crippen LogP contribution in [-0.2, 0) is 13.6 Å². The number of pyridine rings is 1. The van der Waals surface area contributed by atoms with Gasteiger partial charge in [-0.2, -0.15) is 10.2 Å². The number of fused-ring (bicyclic) bond motifs is 4. The largest absolute Gasteiger partial charge is 0.476 e. The number of aryl methyl sites for hydroxylation is 2. The number of hydrogen-bond acceptors (Lipinski definition) is 8. The van der Waals surface area contributed by atoms with E-state index in [2.05, 4.69) is 25.2 Å². The molecule has 0 fully saturated rings. The molecule has 0 aliphatic carbocycles. The van der Waals surface area contributed by atoms with Crippen LogP contribution in [0.2, 0.25) is 0 Å². The fourth-order valence-corrected chi connectivity index (χ4v) is 4.56. The maximum atomic E-state index is 9.89. The summed E-state index contributed by atoms with van der Waals surface area (Å²) in [5, 5.41) is 27.7. The quantitative estimate of drug-likeness (QED) is 0.446. The summed E-state index contributed by atoms with van der Waals surface area (Å²) in [6.45, 7) is 8.02. The second kappa shape index (κ2) is 9.75. The van der Waals surface area contributed by atoms with Gasteiger partial charge in [-0.25, -0.2) is 4.68 Å². The van der Waals surface area contributed by atoms with Crippen LogP contribution in [0.1, 0.15) is 42.5 Å². The lowest BCUT2D eigenvalue weighted by Gasteiger charge is -2.20. The Morgan fingerprint density at radius 2 is 2.08 bits per heavy atom. The van der Waals surface area contributed by atoms with Gasteiger partial charge in [0.2, 0.25) is 11.8 Å². The monoisotopic (exact) mass is 492 g/mol. The molecule has 190 valence electrons. The summed E-state index contributed by atoms with van der Waals surface area (Å²) < 4.78 is 15.8. The summed E-state index contributed by atoms with van der Waals surface area (Å²) in [5.74, 6) is 1.22. The van der Waals surface area contributed by atoms with Crippen LogP contribution >= 0.6 is 0 Å². The molecule has 0 aromatic carbocycles. The van der Waals surface area contributed by atoms with E-state index in [0.717, 1.165) is 44.8 Å². The summed E-state index contributed by atoms with van der Waals surface area (Å²) >= 11 is 0. The van der Waals surface area contributed by atoms with E-state index >= 15 is 0 Å². The van der Waals surface area contributed by atoms with Gasteiger partial charge in [0.05, 0.1) is 64.9 Å². The lowest BCUT2D eigenvalue weighted by atomic mass is 10.1. The van der Waals surface area contributed by atoms with Gasteiger partial charge in [-0.3, -0.25) is 19.7 Å². The van der Waals surface area contributed by atoms with Crippen molar-refractivity contribution in [3.63, 3.8) is 0 Å². The van der Waals surface area contributed by atoms with Crippen molar-refractivity contribution in [3.05, 3.63) is 34.9 Å². The molecule has 0 spiro atoms. The van der Waals surface area contributed by atoms with Gasteiger partial charge < -0.3 is 14.6 Å². The molecule has 1 atom stereocenters. The molecule has 1 aliphatic rings. The van der Waals surface area contributed by atoms with E-state index in [9.17, 15) is 5.11 Å². The number of nitrogens with one attached hydrogen (secondary N) is 1. The van der Waals surface area contributed by atoms with Gasteiger partial charge in [0.15, 0.2) is 0 Å². The average molecular weight is 493 g/mol. The van der Waals surface area contributed by atoms with Gasteiger partial charge in [0.25, 0.3) is 0 Å². The molecule has 11 heteroatoms. The van der Waals surface area contributed by atoms with E-state index in [-0.39, 0.29) is 12.6 Å². The first-order valence-electron chi connectivity index (χ1n) is 12.1. The third kappa shape index (κ3) is 4.24. The standard InChI is InChI=1S/C25H32N8O3/c1-6-35-24-17-7-8-19-18-11-20(26-12-21(18)28-27-19)23-16(3)29-32(5)25(23)36-10-9-31(4)13-22(17)33(30-24)15(2)14-34/h7-8,11-12,15,34H,6,9-10,13-14H2,1-5H3,(H,27,28)/b8-7+/t15-/m0/s1. The zero-order chi connectivity index (χ0) is 25.4. The Kier molecular flexibility index (Phi) is 6.50. The predicted octanol–water partition coefficient (Wildman–Crippen LogP) is 2.81. The molecule has 5 rings (SSSR count). The van der Waals surface area contributed by atoms with Crippen LogP contribution in [0.25, 0.3) is 34.3 Å². The van der Waals surface area contributed by atoms with Gasteiger partial charge in [0.1, 0.15) is 6.61 Å². The number of aromatic amines is 1. The number of nitrogens with zero attached hydrogens (tertiary/aromatic N) is 7. The molecular formula is C25H32N8O3. The van der Waals surface area contributed by atoms with E-state index in [0.29, 0.717) is 38.1 Å². The Morgan fingerprint density at radius 3 is 2.86 bits per heavy atom. The zero-order valence-corrected chi connectivity index (χ0v) is 21.3. The molecule has 0 saturated heterocycles. The van der Waals surface area contributed by atoms with E-state index in [1.165, 1.54) is 0 Å². The fraction of sp³-hybridized carbons (Fsp3) is 0.440. The summed E-state index contributed by atoms with van der Waals surface area (Å²) in [5.41, 5.74) is 5.94. The first-order chi connectivity index (χ1) is 17.4. The SMILES string of the molecule is CCOc1nn([C@@H](C)CO)c2c1/C=C/c1n[nH]c3cnc(cc13)-c1c(C)nn(C)c1OCCN(C)C2. The normalized spacial score (nSPS) is 16.2. The van der Waals surface area contributed by atoms with Gasteiger partial charge in [-0.05, 0) is 46.0 Å². The van der Waals surface area contributed by atoms with E-state index in [4.69, 9.17) is 14.6 Å². The van der Waals surface area contributed by atoms with Crippen LogP contribution in [0.5, 0.6) is 11.8 Å². The third-order valence-corrected chi connectivity index (χ3v) is 6.42. The van der Waals surface area contributed by atoms with Gasteiger partial charge >= 0.3 is 0 Å². The van der Waals surface area contributed by atoms with Crippen molar-refractivity contribution in [2.45, 2.75) is 33.4 Å². The number of aromatic nitrogens is 7. The summed E-state index contributed by atoms with van der Waals surface area (Å²) in [4.78, 5) is 6.84. The topological polar surface area (TPSA) is 119 Å². The summed E-state index contributed by atoms with van der Waals surface area (Å²) in [7, 11) is 3.91. The molecule has 11 nitrogen and oxygen atoms in total. The van der Waals surface area contributed by atoms with Crippen LogP contribution < -0.4 is 9.47 Å². The molecule has 5 heterocycles. The Morgan fingerprint density at radius 1 is 1.25 bits per heavy atom. The number of aliphatic hydroxyl groups is 1. The molecule has 0 radical (unpaired) electrons. The molecule has 2 bridgehead atoms. The Balaban J connectivity index is 1.69.